The molecule has 2 aromatic carbocycles. The van der Waals surface area contributed by atoms with Crippen LogP contribution in [0.15, 0.2) is 73.2 Å². The molecule has 0 aliphatic heterocycles. The van der Waals surface area contributed by atoms with Gasteiger partial charge < -0.3 is 15.4 Å². The van der Waals surface area contributed by atoms with E-state index in [0.717, 1.165) is 28.6 Å². The van der Waals surface area contributed by atoms with E-state index in [1.54, 1.807) is 19.5 Å². The zero-order valence-electron chi connectivity index (χ0n) is 16.5. The first kappa shape index (κ1) is 19.3. The van der Waals surface area contributed by atoms with Crippen molar-refractivity contribution in [1.82, 2.24) is 15.0 Å². The zero-order valence-corrected chi connectivity index (χ0v) is 16.5. The molecule has 4 rings (SSSR count). The third-order valence-electron chi connectivity index (χ3n) is 4.62. The van der Waals surface area contributed by atoms with Crippen molar-refractivity contribution in [2.45, 2.75) is 6.42 Å². The highest BCUT2D eigenvalue weighted by molar-refractivity contribution is 6.07. The van der Waals surface area contributed by atoms with Gasteiger partial charge in [0.1, 0.15) is 17.3 Å². The van der Waals surface area contributed by atoms with Crippen molar-refractivity contribution >= 4 is 28.3 Å². The second kappa shape index (κ2) is 9.00. The van der Waals surface area contributed by atoms with E-state index in [4.69, 9.17) is 4.74 Å². The molecule has 0 saturated carbocycles. The van der Waals surface area contributed by atoms with Gasteiger partial charge in [0.2, 0.25) is 0 Å². The average molecular weight is 399 g/mol. The van der Waals surface area contributed by atoms with Crippen molar-refractivity contribution in [2.24, 2.45) is 0 Å². The Bertz CT molecular complexity index is 1160. The predicted molar refractivity (Wildman–Crippen MR) is 117 cm³/mol. The fourth-order valence-corrected chi connectivity index (χ4v) is 3.09. The number of anilines is 2. The zero-order chi connectivity index (χ0) is 20.8. The molecule has 30 heavy (non-hydrogen) atoms. The maximum absolute atomic E-state index is 12.6. The van der Waals surface area contributed by atoms with Crippen molar-refractivity contribution in [3.05, 3.63) is 84.4 Å². The molecule has 0 aliphatic carbocycles. The van der Waals surface area contributed by atoms with Gasteiger partial charge in [-0.1, -0.05) is 30.3 Å². The number of benzene rings is 2. The van der Waals surface area contributed by atoms with Gasteiger partial charge in [-0.05, 0) is 36.2 Å². The number of ether oxygens (including phenoxy) is 1. The third kappa shape index (κ3) is 4.52. The standard InChI is InChI=1S/C23H21N5O2/c1-30-18-8-2-5-16(13-18)10-12-24-21-15-26-20(14-27-21)23(29)28-19-9-3-6-17-7-4-11-25-22(17)19/h2-9,11,13-15H,10,12H2,1H3,(H,24,27)(H,28,29). The Hall–Kier alpha value is -4.00. The van der Waals surface area contributed by atoms with E-state index in [0.29, 0.717) is 18.1 Å². The third-order valence-corrected chi connectivity index (χ3v) is 4.62. The summed E-state index contributed by atoms with van der Waals surface area (Å²) in [6.07, 6.45) is 5.53. The summed E-state index contributed by atoms with van der Waals surface area (Å²) < 4.78 is 5.24. The van der Waals surface area contributed by atoms with Crippen LogP contribution in [0, 0.1) is 0 Å². The van der Waals surface area contributed by atoms with Gasteiger partial charge in [-0.3, -0.25) is 9.78 Å². The molecule has 0 spiro atoms. The number of aromatic nitrogens is 3. The minimum absolute atomic E-state index is 0.237. The SMILES string of the molecule is COc1cccc(CCNc2cnc(C(=O)Nc3cccc4cccnc34)cn2)c1. The summed E-state index contributed by atoms with van der Waals surface area (Å²) >= 11 is 0. The minimum atomic E-state index is -0.330. The molecule has 2 aromatic heterocycles. The van der Waals surface area contributed by atoms with Gasteiger partial charge in [-0.25, -0.2) is 9.97 Å². The summed E-state index contributed by atoms with van der Waals surface area (Å²) in [6.45, 7) is 0.690. The number of amides is 1. The van der Waals surface area contributed by atoms with Crippen LogP contribution in [0.5, 0.6) is 5.75 Å². The van der Waals surface area contributed by atoms with Crippen molar-refractivity contribution in [3.8, 4) is 5.75 Å². The van der Waals surface area contributed by atoms with Crippen LogP contribution in [0.3, 0.4) is 0 Å². The molecule has 0 saturated heterocycles. The second-order valence-electron chi connectivity index (χ2n) is 6.65. The number of para-hydroxylation sites is 1. The Morgan fingerprint density at radius 2 is 1.87 bits per heavy atom. The van der Waals surface area contributed by atoms with E-state index in [1.807, 2.05) is 54.6 Å². The van der Waals surface area contributed by atoms with E-state index < -0.39 is 0 Å². The molecule has 1 amide bonds. The number of carbonyl (C=O) groups is 1. The fraction of sp³-hybridized carbons (Fsp3) is 0.130. The Labute approximate surface area is 174 Å². The molecule has 0 bridgehead atoms. The number of pyridine rings is 1. The lowest BCUT2D eigenvalue weighted by Gasteiger charge is -2.09. The van der Waals surface area contributed by atoms with Gasteiger partial charge in [0.25, 0.3) is 5.91 Å². The molecule has 7 heteroatoms. The van der Waals surface area contributed by atoms with Crippen LogP contribution in [0.1, 0.15) is 16.1 Å². The summed E-state index contributed by atoms with van der Waals surface area (Å²) in [4.78, 5) is 25.4. The quantitative estimate of drug-likeness (QED) is 0.489. The summed E-state index contributed by atoms with van der Waals surface area (Å²) in [5.74, 6) is 1.12. The van der Waals surface area contributed by atoms with Gasteiger partial charge in [0, 0.05) is 18.1 Å². The van der Waals surface area contributed by atoms with Crippen molar-refractivity contribution in [1.29, 1.82) is 0 Å². The molecule has 0 unspecified atom stereocenters. The molecule has 4 aromatic rings. The highest BCUT2D eigenvalue weighted by atomic mass is 16.5. The van der Waals surface area contributed by atoms with Gasteiger partial charge in [0.05, 0.1) is 30.7 Å². The van der Waals surface area contributed by atoms with Crippen LogP contribution in [0.4, 0.5) is 11.5 Å². The number of fused-ring (bicyclic) bond motifs is 1. The van der Waals surface area contributed by atoms with Gasteiger partial charge in [0.15, 0.2) is 0 Å². The van der Waals surface area contributed by atoms with Crippen LogP contribution in [-0.4, -0.2) is 34.5 Å². The van der Waals surface area contributed by atoms with Gasteiger partial charge in [-0.15, -0.1) is 0 Å². The lowest BCUT2D eigenvalue weighted by molar-refractivity contribution is 0.102. The molecule has 2 N–H and O–H groups in total. The maximum atomic E-state index is 12.6. The first-order valence-corrected chi connectivity index (χ1v) is 9.57. The number of rotatable bonds is 7. The number of hydrogen-bond acceptors (Lipinski definition) is 6. The summed E-state index contributed by atoms with van der Waals surface area (Å²) in [6, 6.07) is 17.4. The highest BCUT2D eigenvalue weighted by Crippen LogP contribution is 2.21. The van der Waals surface area contributed by atoms with Crippen LogP contribution in [0.25, 0.3) is 10.9 Å². The van der Waals surface area contributed by atoms with Crippen molar-refractivity contribution in [3.63, 3.8) is 0 Å². The molecule has 0 atom stereocenters. The van der Waals surface area contributed by atoms with Crippen molar-refractivity contribution < 1.29 is 9.53 Å². The average Bonchev–Trinajstić information content (AvgIpc) is 2.80. The Kier molecular flexibility index (Phi) is 5.80. The lowest BCUT2D eigenvalue weighted by atomic mass is 10.1. The molecule has 0 aliphatic rings. The number of nitrogens with one attached hydrogen (secondary N) is 2. The molecule has 150 valence electrons. The monoisotopic (exact) mass is 399 g/mol. The normalized spacial score (nSPS) is 10.6. The second-order valence-corrected chi connectivity index (χ2v) is 6.65. The number of methoxy groups -OCH3 is 1. The fourth-order valence-electron chi connectivity index (χ4n) is 3.09. The van der Waals surface area contributed by atoms with Crippen LogP contribution >= 0.6 is 0 Å². The van der Waals surface area contributed by atoms with Crippen LogP contribution < -0.4 is 15.4 Å². The van der Waals surface area contributed by atoms with E-state index in [-0.39, 0.29) is 11.6 Å². The Morgan fingerprint density at radius 1 is 1.00 bits per heavy atom. The lowest BCUT2D eigenvalue weighted by Crippen LogP contribution is -2.15. The molecule has 7 nitrogen and oxygen atoms in total. The number of nitrogens with zero attached hydrogens (tertiary/aromatic N) is 3. The van der Waals surface area contributed by atoms with E-state index in [1.165, 1.54) is 6.20 Å². The first-order chi connectivity index (χ1) is 14.7. The number of hydrogen-bond donors (Lipinski definition) is 2. The molecular formula is C23H21N5O2. The van der Waals surface area contributed by atoms with Crippen LogP contribution in [-0.2, 0) is 6.42 Å². The predicted octanol–water partition coefficient (Wildman–Crippen LogP) is 3.94. The Balaban J connectivity index is 1.36. The van der Waals surface area contributed by atoms with E-state index in [9.17, 15) is 4.79 Å². The Morgan fingerprint density at radius 3 is 2.70 bits per heavy atom. The van der Waals surface area contributed by atoms with E-state index in [2.05, 4.69) is 25.6 Å². The van der Waals surface area contributed by atoms with Gasteiger partial charge >= 0.3 is 0 Å². The molecule has 2 heterocycles. The van der Waals surface area contributed by atoms with Gasteiger partial charge in [-0.2, -0.15) is 0 Å². The summed E-state index contributed by atoms with van der Waals surface area (Å²) in [5.41, 5.74) is 2.77. The molecule has 0 radical (unpaired) electrons. The molecular weight excluding hydrogens is 378 g/mol. The topological polar surface area (TPSA) is 89.0 Å². The smallest absolute Gasteiger partial charge is 0.275 e. The highest BCUT2D eigenvalue weighted by Gasteiger charge is 2.11. The number of carbonyl (C=O) groups excluding carboxylic acids is 1. The summed E-state index contributed by atoms with van der Waals surface area (Å²) in [7, 11) is 1.65. The van der Waals surface area contributed by atoms with Crippen LogP contribution in [0.2, 0.25) is 0 Å². The molecule has 0 fully saturated rings. The summed E-state index contributed by atoms with van der Waals surface area (Å²) in [5, 5.41) is 7.03. The largest absolute Gasteiger partial charge is 0.497 e. The van der Waals surface area contributed by atoms with Crippen molar-refractivity contribution in [2.75, 3.05) is 24.3 Å². The maximum Gasteiger partial charge on any atom is 0.275 e. The first-order valence-electron chi connectivity index (χ1n) is 9.57. The van der Waals surface area contributed by atoms with E-state index >= 15 is 0 Å². The minimum Gasteiger partial charge on any atom is -0.497 e.